The Hall–Kier alpha value is -3.17. The van der Waals surface area contributed by atoms with E-state index in [2.05, 4.69) is 20.0 Å². The molecule has 3 heterocycles. The number of ether oxygens (including phenoxy) is 2. The van der Waals surface area contributed by atoms with Crippen molar-refractivity contribution < 1.29 is 18.2 Å². The lowest BCUT2D eigenvalue weighted by atomic mass is 10.0. The molecule has 0 spiro atoms. The van der Waals surface area contributed by atoms with Gasteiger partial charge in [0.2, 0.25) is 5.88 Å². The molecule has 1 aliphatic rings. The molecular formula is C20H20N4O4S. The standard InChI is InChI=1S/C20H20N4O4S/c1-27-18-7-6-13(11-21-18)17-12-22-20(19-16(17)8-9-28-19)23-14-4-3-5-15(10-14)24-29(2,25)26/h3-7,10-12H,8-9H2,1-2H3,(H2-,22,23,24,25,26). The average molecular weight is 412 g/mol. The Morgan fingerprint density at radius 2 is 2.00 bits per heavy atom. The number of methoxy groups -OCH3 is 1. The largest absolute Gasteiger partial charge is 0.593 e. The maximum atomic E-state index is 11.5. The van der Waals surface area contributed by atoms with Gasteiger partial charge in [-0.25, -0.2) is 14.7 Å². The second kappa shape index (κ2) is 7.69. The van der Waals surface area contributed by atoms with Crippen molar-refractivity contribution >= 4 is 27.6 Å². The van der Waals surface area contributed by atoms with E-state index in [-0.39, 0.29) is 0 Å². The highest BCUT2D eigenvalue weighted by Gasteiger charge is 2.23. The van der Waals surface area contributed by atoms with E-state index in [1.54, 1.807) is 37.7 Å². The molecule has 8 nitrogen and oxygen atoms in total. The number of rotatable bonds is 6. The van der Waals surface area contributed by atoms with E-state index >= 15 is 0 Å². The molecule has 0 saturated carbocycles. The Morgan fingerprint density at radius 1 is 1.17 bits per heavy atom. The lowest BCUT2D eigenvalue weighted by Crippen LogP contribution is -2.17. The van der Waals surface area contributed by atoms with Crippen molar-refractivity contribution in [2.45, 2.75) is 6.42 Å². The van der Waals surface area contributed by atoms with E-state index in [1.807, 2.05) is 18.2 Å². The second-order valence-corrected chi connectivity index (χ2v) is 8.34. The molecule has 0 bridgehead atoms. The van der Waals surface area contributed by atoms with Crippen LogP contribution in [-0.4, -0.2) is 34.5 Å². The molecule has 0 amide bonds. The van der Waals surface area contributed by atoms with Crippen LogP contribution in [0.25, 0.3) is 11.1 Å². The van der Waals surface area contributed by atoms with E-state index < -0.39 is 10.4 Å². The Morgan fingerprint density at radius 3 is 2.72 bits per heavy atom. The van der Waals surface area contributed by atoms with Crippen molar-refractivity contribution in [2.24, 2.45) is 0 Å². The molecule has 9 heteroatoms. The number of aromatic nitrogens is 2. The van der Waals surface area contributed by atoms with Crippen LogP contribution in [-0.2, 0) is 21.0 Å². The molecule has 0 radical (unpaired) electrons. The third-order valence-electron chi connectivity index (χ3n) is 4.42. The average Bonchev–Trinajstić information content (AvgIpc) is 3.18. The van der Waals surface area contributed by atoms with Gasteiger partial charge >= 0.3 is 0 Å². The normalized spacial score (nSPS) is 14.4. The second-order valence-electron chi connectivity index (χ2n) is 6.60. The highest BCUT2D eigenvalue weighted by atomic mass is 32.3. The molecule has 0 aliphatic carbocycles. The van der Waals surface area contributed by atoms with Crippen LogP contribution in [0.3, 0.4) is 0 Å². The number of benzene rings is 1. The Balaban J connectivity index is 1.64. The van der Waals surface area contributed by atoms with E-state index in [0.717, 1.165) is 29.4 Å². The van der Waals surface area contributed by atoms with Gasteiger partial charge in [-0.05, 0) is 24.3 Å². The minimum Gasteiger partial charge on any atom is -0.593 e. The third-order valence-corrected chi connectivity index (χ3v) is 5.03. The number of nitrogens with zero attached hydrogens (tertiary/aromatic N) is 2. The zero-order valence-electron chi connectivity index (χ0n) is 16.0. The summed E-state index contributed by atoms with van der Waals surface area (Å²) in [4.78, 5) is 8.80. The summed E-state index contributed by atoms with van der Waals surface area (Å²) in [6.45, 7) is 0.571. The van der Waals surface area contributed by atoms with Gasteiger partial charge < -0.3 is 19.3 Å². The summed E-state index contributed by atoms with van der Waals surface area (Å²) in [5.74, 6) is 1.83. The number of anilines is 3. The lowest BCUT2D eigenvalue weighted by molar-refractivity contribution is 0.357. The molecular weight excluding hydrogens is 392 g/mol. The number of hydrogen-bond donors (Lipinski definition) is 2. The van der Waals surface area contributed by atoms with Gasteiger partial charge in [-0.3, -0.25) is 0 Å². The maximum Gasteiger partial charge on any atom is 0.212 e. The van der Waals surface area contributed by atoms with Crippen molar-refractivity contribution in [3.8, 4) is 22.8 Å². The van der Waals surface area contributed by atoms with Crippen LogP contribution < -0.4 is 19.5 Å². The zero-order chi connectivity index (χ0) is 20.4. The molecule has 1 atom stereocenters. The van der Waals surface area contributed by atoms with Crippen molar-refractivity contribution in [3.63, 3.8) is 0 Å². The van der Waals surface area contributed by atoms with Crippen LogP contribution in [0.4, 0.5) is 17.2 Å². The summed E-state index contributed by atoms with van der Waals surface area (Å²) < 4.78 is 36.3. The van der Waals surface area contributed by atoms with E-state index in [0.29, 0.717) is 35.4 Å². The molecule has 2 N–H and O–H groups in total. The van der Waals surface area contributed by atoms with Gasteiger partial charge in [-0.1, -0.05) is 10.3 Å². The molecule has 0 fully saturated rings. The molecule has 1 unspecified atom stereocenters. The Kier molecular flexibility index (Phi) is 5.08. The Labute approximate surface area is 169 Å². The summed E-state index contributed by atoms with van der Waals surface area (Å²) in [6, 6.07) is 10.7. The number of hydrogen-bond acceptors (Lipinski definition) is 7. The van der Waals surface area contributed by atoms with Gasteiger partial charge in [0.25, 0.3) is 0 Å². The van der Waals surface area contributed by atoms with Gasteiger partial charge in [0.1, 0.15) is 16.7 Å². The maximum absolute atomic E-state index is 11.5. The highest BCUT2D eigenvalue weighted by Crippen LogP contribution is 2.40. The fourth-order valence-corrected chi connectivity index (χ4v) is 3.75. The van der Waals surface area contributed by atoms with Crippen molar-refractivity contribution in [2.75, 3.05) is 30.0 Å². The fourth-order valence-electron chi connectivity index (χ4n) is 3.20. The van der Waals surface area contributed by atoms with Crippen LogP contribution in [0.1, 0.15) is 5.56 Å². The van der Waals surface area contributed by atoms with E-state index in [9.17, 15) is 8.76 Å². The summed E-state index contributed by atoms with van der Waals surface area (Å²) in [5.41, 5.74) is 4.12. The van der Waals surface area contributed by atoms with Crippen LogP contribution >= 0.6 is 0 Å². The molecule has 0 saturated heterocycles. The van der Waals surface area contributed by atoms with Crippen LogP contribution in [0, 0.1) is 0 Å². The monoisotopic (exact) mass is 412 g/mol. The topological polar surface area (TPSA) is 108 Å². The fraction of sp³-hybridized carbons (Fsp3) is 0.200. The van der Waals surface area contributed by atoms with Crippen molar-refractivity contribution in [1.29, 1.82) is 0 Å². The molecule has 1 aliphatic heterocycles. The van der Waals surface area contributed by atoms with Crippen molar-refractivity contribution in [3.05, 3.63) is 54.4 Å². The first-order valence-electron chi connectivity index (χ1n) is 8.93. The predicted octanol–water partition coefficient (Wildman–Crippen LogP) is 3.42. The number of sulfonamides is 1. The summed E-state index contributed by atoms with van der Waals surface area (Å²) in [7, 11) is -1.77. The van der Waals surface area contributed by atoms with Crippen LogP contribution in [0.2, 0.25) is 0 Å². The molecule has 1 aromatic carbocycles. The van der Waals surface area contributed by atoms with Gasteiger partial charge in [0, 0.05) is 47.3 Å². The van der Waals surface area contributed by atoms with E-state index in [4.69, 9.17) is 9.47 Å². The van der Waals surface area contributed by atoms with Gasteiger partial charge in [-0.15, -0.1) is 0 Å². The first-order chi connectivity index (χ1) is 13.9. The van der Waals surface area contributed by atoms with Crippen LogP contribution in [0.5, 0.6) is 11.6 Å². The van der Waals surface area contributed by atoms with Gasteiger partial charge in [0.15, 0.2) is 11.6 Å². The minimum atomic E-state index is -3.35. The first kappa shape index (κ1) is 19.2. The van der Waals surface area contributed by atoms with Crippen molar-refractivity contribution in [1.82, 2.24) is 9.97 Å². The highest BCUT2D eigenvalue weighted by molar-refractivity contribution is 7.98. The van der Waals surface area contributed by atoms with Gasteiger partial charge in [0.05, 0.1) is 19.4 Å². The molecule has 2 aromatic heterocycles. The number of pyridine rings is 2. The SMILES string of the molecule is COc1ccc(-c2cnc(Nc3cccc(N[S+](C)(=O)[O-])c3)c3c2CCO3)cn1. The number of fused-ring (bicyclic) bond motifs is 1. The summed E-state index contributed by atoms with van der Waals surface area (Å²) >= 11 is 0. The predicted molar refractivity (Wildman–Crippen MR) is 111 cm³/mol. The quantitative estimate of drug-likeness (QED) is 0.597. The minimum absolute atomic E-state index is 0.469. The molecule has 29 heavy (non-hydrogen) atoms. The third kappa shape index (κ3) is 4.30. The lowest BCUT2D eigenvalue weighted by Gasteiger charge is -2.15. The molecule has 4 rings (SSSR count). The summed E-state index contributed by atoms with van der Waals surface area (Å²) in [6.07, 6.45) is 5.42. The van der Waals surface area contributed by atoms with Gasteiger partial charge in [-0.2, -0.15) is 0 Å². The van der Waals surface area contributed by atoms with E-state index in [1.165, 1.54) is 0 Å². The molecule has 3 aromatic rings. The first-order valence-corrected chi connectivity index (χ1v) is 10.8. The van der Waals surface area contributed by atoms with Crippen LogP contribution in [0.15, 0.2) is 48.8 Å². The smallest absolute Gasteiger partial charge is 0.212 e. The zero-order valence-corrected chi connectivity index (χ0v) is 16.8. The Bertz CT molecular complexity index is 1080. The number of nitrogens with one attached hydrogen (secondary N) is 2. The molecule has 150 valence electrons. The summed E-state index contributed by atoms with van der Waals surface area (Å²) in [5, 5.41) is 3.22.